The van der Waals surface area contributed by atoms with Crippen molar-refractivity contribution < 1.29 is 4.84 Å². The summed E-state index contributed by atoms with van der Waals surface area (Å²) in [5.41, 5.74) is 5.12. The average molecular weight is 356 g/mol. The van der Waals surface area contributed by atoms with E-state index in [1.54, 1.807) is 4.52 Å². The molecule has 0 radical (unpaired) electrons. The largest absolute Gasteiger partial charge is 0.390 e. The van der Waals surface area contributed by atoms with E-state index in [2.05, 4.69) is 20.3 Å². The Morgan fingerprint density at radius 3 is 2.52 bits per heavy atom. The highest BCUT2D eigenvalue weighted by Gasteiger charge is 2.30. The molecule has 7 heteroatoms. The fourth-order valence-electron chi connectivity index (χ4n) is 3.20. The summed E-state index contributed by atoms with van der Waals surface area (Å²) >= 11 is 0. The molecule has 0 N–H and O–H groups in total. The Labute approximate surface area is 155 Å². The van der Waals surface area contributed by atoms with E-state index in [-0.39, 0.29) is 0 Å². The molecule has 0 atom stereocenters. The molecular weight excluding hydrogens is 340 g/mol. The van der Waals surface area contributed by atoms with Crippen LogP contribution in [0.15, 0.2) is 59.8 Å². The first-order valence-corrected chi connectivity index (χ1v) is 8.81. The molecule has 2 heterocycles. The van der Waals surface area contributed by atoms with Crippen LogP contribution in [0.2, 0.25) is 0 Å². The topological polar surface area (TPSA) is 77.6 Å². The van der Waals surface area contributed by atoms with E-state index in [0.717, 1.165) is 34.6 Å². The highest BCUT2D eigenvalue weighted by molar-refractivity contribution is 6.22. The molecule has 0 fully saturated rings. The summed E-state index contributed by atoms with van der Waals surface area (Å²) < 4.78 is 1.70. The Hall–Kier alpha value is -3.61. The zero-order valence-corrected chi connectivity index (χ0v) is 14.7. The lowest BCUT2D eigenvalue weighted by molar-refractivity contribution is 0.131. The first-order chi connectivity index (χ1) is 13.3. The minimum atomic E-state index is 0.391. The van der Waals surface area contributed by atoms with E-state index < -0.39 is 0 Å². The van der Waals surface area contributed by atoms with Gasteiger partial charge in [0.05, 0.1) is 0 Å². The molecule has 0 amide bonds. The fourth-order valence-corrected chi connectivity index (χ4v) is 3.20. The van der Waals surface area contributed by atoms with Gasteiger partial charge in [0.1, 0.15) is 23.7 Å². The van der Waals surface area contributed by atoms with Gasteiger partial charge in [0.2, 0.25) is 0 Å². The van der Waals surface area contributed by atoms with Gasteiger partial charge in [-0.1, -0.05) is 66.7 Å². The summed E-state index contributed by atoms with van der Waals surface area (Å²) in [6, 6.07) is 17.9. The second-order valence-corrected chi connectivity index (χ2v) is 6.24. The maximum atomic E-state index is 5.63. The van der Waals surface area contributed by atoms with Crippen molar-refractivity contribution in [2.75, 3.05) is 0 Å². The van der Waals surface area contributed by atoms with Gasteiger partial charge in [0, 0.05) is 17.5 Å². The molecule has 0 unspecified atom stereocenters. The smallest absolute Gasteiger partial charge is 0.272 e. The lowest BCUT2D eigenvalue weighted by Crippen LogP contribution is -2.07. The molecule has 0 aliphatic heterocycles. The van der Waals surface area contributed by atoms with Crippen LogP contribution >= 0.6 is 0 Å². The maximum absolute atomic E-state index is 5.63. The molecule has 1 aliphatic rings. The molecule has 5 rings (SSSR count). The number of rotatable bonds is 4. The van der Waals surface area contributed by atoms with Gasteiger partial charge >= 0.3 is 0 Å². The molecule has 0 spiro atoms. The van der Waals surface area contributed by atoms with Crippen molar-refractivity contribution in [1.29, 1.82) is 0 Å². The lowest BCUT2D eigenvalue weighted by atomic mass is 10.1. The average Bonchev–Trinajstić information content (AvgIpc) is 3.26. The van der Waals surface area contributed by atoms with E-state index in [1.165, 1.54) is 0 Å². The summed E-state index contributed by atoms with van der Waals surface area (Å²) in [6.45, 7) is 2.41. The summed E-state index contributed by atoms with van der Waals surface area (Å²) in [6.07, 6.45) is 0.734. The van der Waals surface area contributed by atoms with E-state index in [4.69, 9.17) is 9.94 Å². The number of benzene rings is 2. The Balaban J connectivity index is 1.59. The van der Waals surface area contributed by atoms with E-state index in [9.17, 15) is 0 Å². The number of fused-ring (bicyclic) bond motifs is 4. The van der Waals surface area contributed by atoms with Crippen LogP contribution in [0, 0.1) is 0 Å². The van der Waals surface area contributed by atoms with Crippen LogP contribution in [0.4, 0.5) is 0 Å². The van der Waals surface area contributed by atoms with Crippen LogP contribution in [-0.4, -0.2) is 30.5 Å². The molecular formula is C20H16N6O. The molecule has 0 saturated heterocycles. The normalized spacial score (nSPS) is 13.7. The Morgan fingerprint density at radius 1 is 0.926 bits per heavy atom. The Kier molecular flexibility index (Phi) is 3.64. The highest BCUT2D eigenvalue weighted by atomic mass is 16.6. The van der Waals surface area contributed by atoms with Gasteiger partial charge in [-0.05, 0) is 5.56 Å². The van der Waals surface area contributed by atoms with Gasteiger partial charge in [-0.25, -0.2) is 4.98 Å². The predicted molar refractivity (Wildman–Crippen MR) is 100 cm³/mol. The standard InChI is InChI=1S/C20H16N6O/c1-2-16-22-23-20-21-19-17(24-26(16)20)14-10-6-7-11-15(14)18(19)25-27-12-13-8-4-3-5-9-13/h3-11H,2,12H2,1H3/b25-18+. The molecule has 2 aromatic heterocycles. The zero-order chi connectivity index (χ0) is 18.2. The zero-order valence-electron chi connectivity index (χ0n) is 14.7. The predicted octanol–water partition coefficient (Wildman–Crippen LogP) is 3.03. The van der Waals surface area contributed by atoms with Gasteiger partial charge in [0.25, 0.3) is 5.78 Å². The molecule has 132 valence electrons. The minimum absolute atomic E-state index is 0.391. The lowest BCUT2D eigenvalue weighted by Gasteiger charge is -2.03. The second kappa shape index (κ2) is 6.28. The van der Waals surface area contributed by atoms with Gasteiger partial charge in [-0.15, -0.1) is 10.2 Å². The quantitative estimate of drug-likeness (QED) is 0.463. The first kappa shape index (κ1) is 15.6. The summed E-state index contributed by atoms with van der Waals surface area (Å²) in [5, 5.41) is 17.4. The summed E-state index contributed by atoms with van der Waals surface area (Å²) in [5.74, 6) is 1.25. The molecule has 4 aromatic rings. The number of hydrogen-bond donors (Lipinski definition) is 0. The van der Waals surface area contributed by atoms with Crippen LogP contribution in [0.1, 0.15) is 29.6 Å². The number of nitrogens with zero attached hydrogens (tertiary/aromatic N) is 6. The highest BCUT2D eigenvalue weighted by Crippen LogP contribution is 2.34. The summed E-state index contributed by atoms with van der Waals surface area (Å²) in [4.78, 5) is 10.3. The molecule has 0 saturated carbocycles. The Bertz CT molecular complexity index is 1170. The number of oxime groups is 1. The van der Waals surface area contributed by atoms with Crippen LogP contribution < -0.4 is 0 Å². The molecule has 1 aliphatic carbocycles. The van der Waals surface area contributed by atoms with Gasteiger partial charge in [-0.2, -0.15) is 9.61 Å². The van der Waals surface area contributed by atoms with Gasteiger partial charge in [-0.3, -0.25) is 0 Å². The van der Waals surface area contributed by atoms with Crippen molar-refractivity contribution in [3.8, 4) is 11.3 Å². The van der Waals surface area contributed by atoms with Crippen molar-refractivity contribution in [3.63, 3.8) is 0 Å². The van der Waals surface area contributed by atoms with Crippen molar-refractivity contribution in [3.05, 3.63) is 77.2 Å². The van der Waals surface area contributed by atoms with E-state index >= 15 is 0 Å². The number of hydrogen-bond acceptors (Lipinski definition) is 6. The molecule has 0 bridgehead atoms. The van der Waals surface area contributed by atoms with Crippen LogP contribution in [0.25, 0.3) is 17.0 Å². The summed E-state index contributed by atoms with van der Waals surface area (Å²) in [7, 11) is 0. The third-order valence-corrected chi connectivity index (χ3v) is 4.53. The third kappa shape index (κ3) is 2.55. The van der Waals surface area contributed by atoms with Crippen molar-refractivity contribution >= 4 is 11.5 Å². The molecule has 27 heavy (non-hydrogen) atoms. The fraction of sp³-hybridized carbons (Fsp3) is 0.150. The third-order valence-electron chi connectivity index (χ3n) is 4.53. The first-order valence-electron chi connectivity index (χ1n) is 8.81. The SMILES string of the molecule is CCc1nnc2nc3c(nn12)-c1ccccc1/C3=N\OCc1ccccc1. The van der Waals surface area contributed by atoms with E-state index in [0.29, 0.717) is 23.8 Å². The van der Waals surface area contributed by atoms with Gasteiger partial charge < -0.3 is 4.84 Å². The van der Waals surface area contributed by atoms with E-state index in [1.807, 2.05) is 61.5 Å². The number of aromatic nitrogens is 5. The van der Waals surface area contributed by atoms with Crippen LogP contribution in [0.5, 0.6) is 0 Å². The maximum Gasteiger partial charge on any atom is 0.272 e. The van der Waals surface area contributed by atoms with Crippen molar-refractivity contribution in [2.24, 2.45) is 5.16 Å². The number of aryl methyl sites for hydroxylation is 1. The van der Waals surface area contributed by atoms with Crippen molar-refractivity contribution in [1.82, 2.24) is 24.8 Å². The second-order valence-electron chi connectivity index (χ2n) is 6.24. The van der Waals surface area contributed by atoms with Gasteiger partial charge in [0.15, 0.2) is 5.82 Å². The van der Waals surface area contributed by atoms with Crippen LogP contribution in [-0.2, 0) is 17.9 Å². The van der Waals surface area contributed by atoms with Crippen LogP contribution in [0.3, 0.4) is 0 Å². The molecule has 7 nitrogen and oxygen atoms in total. The minimum Gasteiger partial charge on any atom is -0.390 e. The molecule has 2 aromatic carbocycles. The Morgan fingerprint density at radius 2 is 1.70 bits per heavy atom. The van der Waals surface area contributed by atoms with Crippen molar-refractivity contribution in [2.45, 2.75) is 20.0 Å². The monoisotopic (exact) mass is 356 g/mol.